The van der Waals surface area contributed by atoms with E-state index in [1.807, 2.05) is 31.2 Å². The molecule has 13 nitrogen and oxygen atoms in total. The second-order valence-corrected chi connectivity index (χ2v) is 10.5. The Morgan fingerprint density at radius 1 is 1.05 bits per heavy atom. The zero-order chi connectivity index (χ0) is 30.5. The Morgan fingerprint density at radius 2 is 1.86 bits per heavy atom. The number of urea groups is 1. The van der Waals surface area contributed by atoms with Crippen molar-refractivity contribution in [2.24, 2.45) is 0 Å². The Balaban J connectivity index is 1.18. The van der Waals surface area contributed by atoms with Gasteiger partial charge in [0.05, 0.1) is 19.2 Å². The summed E-state index contributed by atoms with van der Waals surface area (Å²) in [5.74, 6) is 3.05. The van der Waals surface area contributed by atoms with Gasteiger partial charge in [0.2, 0.25) is 11.9 Å². The van der Waals surface area contributed by atoms with Gasteiger partial charge in [0.1, 0.15) is 31.1 Å². The highest BCUT2D eigenvalue weighted by Gasteiger charge is 2.33. The van der Waals surface area contributed by atoms with Crippen LogP contribution in [0.1, 0.15) is 24.9 Å². The third-order valence-electron chi connectivity index (χ3n) is 7.63. The summed E-state index contributed by atoms with van der Waals surface area (Å²) in [7, 11) is 1.59. The lowest BCUT2D eigenvalue weighted by Gasteiger charge is -2.42. The van der Waals surface area contributed by atoms with Gasteiger partial charge < -0.3 is 34.6 Å². The van der Waals surface area contributed by atoms with Gasteiger partial charge in [-0.1, -0.05) is 6.07 Å². The van der Waals surface area contributed by atoms with Crippen LogP contribution in [0.2, 0.25) is 0 Å². The summed E-state index contributed by atoms with van der Waals surface area (Å²) in [5, 5.41) is 6.06. The number of nitrogens with one attached hydrogen (secondary N) is 2. The van der Waals surface area contributed by atoms with E-state index in [1.165, 1.54) is 0 Å². The van der Waals surface area contributed by atoms with Gasteiger partial charge in [0.25, 0.3) is 0 Å². The number of piperazine rings is 1. The highest BCUT2D eigenvalue weighted by atomic mass is 16.6. The molecule has 2 aromatic heterocycles. The topological polar surface area (TPSA) is 136 Å². The SMILES string of the molecule is COc1ccc(NC(=O)N2CCN(c3ccnc(-n4ccnc4)n3)C(CC(=O)NC(C)c3ccc4c(c3)OCCO4)C2)cc1. The molecule has 2 aliphatic rings. The summed E-state index contributed by atoms with van der Waals surface area (Å²) in [4.78, 5) is 43.8. The van der Waals surface area contributed by atoms with E-state index in [0.29, 0.717) is 67.6 Å². The van der Waals surface area contributed by atoms with Crippen molar-refractivity contribution < 1.29 is 23.8 Å². The minimum atomic E-state index is -0.344. The third-order valence-corrected chi connectivity index (χ3v) is 7.63. The third kappa shape index (κ3) is 6.51. The first-order valence-electron chi connectivity index (χ1n) is 14.4. The number of rotatable bonds is 8. The highest BCUT2D eigenvalue weighted by molar-refractivity contribution is 5.89. The van der Waals surface area contributed by atoms with Gasteiger partial charge in [0.15, 0.2) is 11.5 Å². The summed E-state index contributed by atoms with van der Waals surface area (Å²) in [6.45, 7) is 4.17. The van der Waals surface area contributed by atoms with E-state index >= 15 is 0 Å². The fraction of sp³-hybridized carbons (Fsp3) is 0.323. The number of imidazole rings is 1. The summed E-state index contributed by atoms with van der Waals surface area (Å²) < 4.78 is 18.3. The van der Waals surface area contributed by atoms with Crippen molar-refractivity contribution in [2.75, 3.05) is 50.2 Å². The number of amides is 3. The molecule has 0 saturated carbocycles. The first-order valence-corrected chi connectivity index (χ1v) is 14.4. The molecule has 4 heterocycles. The molecule has 4 aromatic rings. The van der Waals surface area contributed by atoms with Crippen LogP contribution in [0.4, 0.5) is 16.3 Å². The first-order chi connectivity index (χ1) is 21.5. The van der Waals surface area contributed by atoms with Crippen LogP contribution in [0.5, 0.6) is 17.2 Å². The standard InChI is InChI=1S/C31H34N8O5/c1-21(22-3-8-26-27(17-22)44-16-15-43-26)34-29(40)18-24-19-37(31(41)35-23-4-6-25(42-2)7-5-23)13-14-39(24)28-9-10-33-30(36-28)38-12-11-32-20-38/h3-12,17,20-21,24H,13-16,18-19H2,1-2H3,(H,34,40)(H,35,41). The Kier molecular flexibility index (Phi) is 8.43. The van der Waals surface area contributed by atoms with Crippen molar-refractivity contribution in [3.63, 3.8) is 0 Å². The Bertz CT molecular complexity index is 1600. The number of carbonyl (C=O) groups is 2. The number of hydrogen-bond donors (Lipinski definition) is 2. The lowest BCUT2D eigenvalue weighted by molar-refractivity contribution is -0.122. The number of benzene rings is 2. The average molecular weight is 599 g/mol. The number of hydrogen-bond acceptors (Lipinski definition) is 9. The molecule has 2 unspecified atom stereocenters. The van der Waals surface area contributed by atoms with E-state index < -0.39 is 0 Å². The molecule has 2 N–H and O–H groups in total. The quantitative estimate of drug-likeness (QED) is 0.313. The molecule has 0 radical (unpaired) electrons. The van der Waals surface area contributed by atoms with E-state index in [0.717, 1.165) is 5.56 Å². The summed E-state index contributed by atoms with van der Waals surface area (Å²) in [6.07, 6.45) is 6.88. The number of carbonyl (C=O) groups excluding carboxylic acids is 2. The predicted molar refractivity (Wildman–Crippen MR) is 162 cm³/mol. The van der Waals surface area contributed by atoms with Gasteiger partial charge >= 0.3 is 6.03 Å². The summed E-state index contributed by atoms with van der Waals surface area (Å²) >= 11 is 0. The Morgan fingerprint density at radius 3 is 2.64 bits per heavy atom. The van der Waals surface area contributed by atoms with Crippen LogP contribution in [0.15, 0.2) is 73.4 Å². The van der Waals surface area contributed by atoms with Gasteiger partial charge in [-0.2, -0.15) is 4.98 Å². The van der Waals surface area contributed by atoms with E-state index in [1.54, 1.807) is 65.8 Å². The van der Waals surface area contributed by atoms with Crippen molar-refractivity contribution in [3.05, 3.63) is 79.0 Å². The van der Waals surface area contributed by atoms with Crippen molar-refractivity contribution in [1.82, 2.24) is 29.7 Å². The molecular weight excluding hydrogens is 564 g/mol. The van der Waals surface area contributed by atoms with Crippen LogP contribution in [-0.2, 0) is 4.79 Å². The van der Waals surface area contributed by atoms with Crippen LogP contribution in [0.25, 0.3) is 5.95 Å². The largest absolute Gasteiger partial charge is 0.497 e. The highest BCUT2D eigenvalue weighted by Crippen LogP contribution is 2.32. The fourth-order valence-electron chi connectivity index (χ4n) is 5.32. The Labute approximate surface area is 254 Å². The summed E-state index contributed by atoms with van der Waals surface area (Å²) in [5.41, 5.74) is 1.56. The molecule has 0 spiro atoms. The lowest BCUT2D eigenvalue weighted by Crippen LogP contribution is -2.57. The van der Waals surface area contributed by atoms with Gasteiger partial charge in [-0.3, -0.25) is 9.36 Å². The molecule has 13 heteroatoms. The van der Waals surface area contributed by atoms with Gasteiger partial charge in [-0.15, -0.1) is 0 Å². The zero-order valence-electron chi connectivity index (χ0n) is 24.6. The second-order valence-electron chi connectivity index (χ2n) is 10.5. The van der Waals surface area contributed by atoms with E-state index in [-0.39, 0.29) is 30.4 Å². The predicted octanol–water partition coefficient (Wildman–Crippen LogP) is 3.43. The molecule has 6 rings (SSSR count). The van der Waals surface area contributed by atoms with Gasteiger partial charge in [0, 0.05) is 50.3 Å². The van der Waals surface area contributed by atoms with Crippen molar-refractivity contribution in [3.8, 4) is 23.2 Å². The molecule has 44 heavy (non-hydrogen) atoms. The lowest BCUT2D eigenvalue weighted by atomic mass is 10.0. The monoisotopic (exact) mass is 598 g/mol. The van der Waals surface area contributed by atoms with Crippen LogP contribution in [-0.4, -0.2) is 82.4 Å². The minimum Gasteiger partial charge on any atom is -0.497 e. The fourth-order valence-corrected chi connectivity index (χ4v) is 5.32. The maximum atomic E-state index is 13.5. The zero-order valence-corrected chi connectivity index (χ0v) is 24.6. The molecule has 1 saturated heterocycles. The molecule has 1 fully saturated rings. The molecule has 2 aliphatic heterocycles. The number of ether oxygens (including phenoxy) is 3. The van der Waals surface area contributed by atoms with Crippen molar-refractivity contribution >= 4 is 23.4 Å². The average Bonchev–Trinajstić information content (AvgIpc) is 3.60. The van der Waals surface area contributed by atoms with Gasteiger partial charge in [-0.05, 0) is 55.0 Å². The molecular formula is C31H34N8O5. The van der Waals surface area contributed by atoms with Crippen LogP contribution < -0.4 is 29.7 Å². The van der Waals surface area contributed by atoms with Crippen molar-refractivity contribution in [2.45, 2.75) is 25.4 Å². The van der Waals surface area contributed by atoms with Crippen molar-refractivity contribution in [1.29, 1.82) is 0 Å². The smallest absolute Gasteiger partial charge is 0.321 e. The number of aromatic nitrogens is 4. The van der Waals surface area contributed by atoms with E-state index in [4.69, 9.17) is 19.2 Å². The van der Waals surface area contributed by atoms with Crippen LogP contribution in [0, 0.1) is 0 Å². The minimum absolute atomic E-state index is 0.144. The maximum absolute atomic E-state index is 13.5. The maximum Gasteiger partial charge on any atom is 0.321 e. The second kappa shape index (κ2) is 12.9. The molecule has 228 valence electrons. The molecule has 0 aliphatic carbocycles. The molecule has 3 amide bonds. The normalized spacial score (nSPS) is 16.6. The molecule has 2 aromatic carbocycles. The molecule has 2 atom stereocenters. The van der Waals surface area contributed by atoms with E-state index in [9.17, 15) is 9.59 Å². The molecule has 0 bridgehead atoms. The first kappa shape index (κ1) is 28.8. The number of fused-ring (bicyclic) bond motifs is 1. The van der Waals surface area contributed by atoms with Gasteiger partial charge in [-0.25, -0.2) is 14.8 Å². The number of anilines is 2. The van der Waals surface area contributed by atoms with Crippen LogP contribution >= 0.6 is 0 Å². The number of methoxy groups -OCH3 is 1. The van der Waals surface area contributed by atoms with E-state index in [2.05, 4.69) is 25.5 Å². The van der Waals surface area contributed by atoms with Crippen LogP contribution in [0.3, 0.4) is 0 Å². The Hall–Kier alpha value is -5.33. The number of nitrogens with zero attached hydrogens (tertiary/aromatic N) is 6. The summed E-state index contributed by atoms with van der Waals surface area (Å²) in [6, 6.07) is 13.8.